The molecular formula is C15H21N3O2. The van der Waals surface area contributed by atoms with Gasteiger partial charge in [-0.1, -0.05) is 13.3 Å². The first kappa shape index (κ1) is 14.5. The third kappa shape index (κ3) is 3.81. The molecule has 0 amide bonds. The second-order valence-electron chi connectivity index (χ2n) is 4.82. The number of hydrogen-bond acceptors (Lipinski definition) is 5. The molecule has 1 aromatic carbocycles. The molecule has 20 heavy (non-hydrogen) atoms. The van der Waals surface area contributed by atoms with Gasteiger partial charge in [-0.25, -0.2) is 0 Å². The average molecular weight is 275 g/mol. The lowest BCUT2D eigenvalue weighted by atomic mass is 10.2. The Kier molecular flexibility index (Phi) is 5.12. The normalized spacial score (nSPS) is 11.0. The highest BCUT2D eigenvalue weighted by molar-refractivity contribution is 5.53. The maximum Gasteiger partial charge on any atom is 0.247 e. The Morgan fingerprint density at radius 2 is 1.95 bits per heavy atom. The fourth-order valence-electron chi connectivity index (χ4n) is 1.91. The van der Waals surface area contributed by atoms with Gasteiger partial charge in [0.15, 0.2) is 0 Å². The molecular weight excluding hydrogens is 254 g/mol. The predicted molar refractivity (Wildman–Crippen MR) is 77.5 cm³/mol. The Hall–Kier alpha value is -1.88. The minimum atomic E-state index is 0.548. The molecule has 0 fully saturated rings. The van der Waals surface area contributed by atoms with Gasteiger partial charge >= 0.3 is 0 Å². The molecule has 0 unspecified atom stereocenters. The highest BCUT2D eigenvalue weighted by Gasteiger charge is 2.10. The molecule has 0 aliphatic carbocycles. The van der Waals surface area contributed by atoms with E-state index in [2.05, 4.69) is 29.1 Å². The van der Waals surface area contributed by atoms with Crippen molar-refractivity contribution < 1.29 is 9.15 Å². The van der Waals surface area contributed by atoms with Crippen molar-refractivity contribution in [3.05, 3.63) is 30.2 Å². The van der Waals surface area contributed by atoms with Crippen LogP contribution < -0.4 is 4.74 Å². The number of nitrogens with zero attached hydrogens (tertiary/aromatic N) is 3. The number of aromatic nitrogens is 2. The lowest BCUT2D eigenvalue weighted by molar-refractivity contribution is 0.286. The van der Waals surface area contributed by atoms with E-state index in [0.29, 0.717) is 18.3 Å². The van der Waals surface area contributed by atoms with E-state index in [4.69, 9.17) is 9.15 Å². The Balaban J connectivity index is 2.00. The Morgan fingerprint density at radius 1 is 1.20 bits per heavy atom. The van der Waals surface area contributed by atoms with E-state index in [0.717, 1.165) is 17.9 Å². The molecule has 0 atom stereocenters. The molecule has 0 radical (unpaired) electrons. The van der Waals surface area contributed by atoms with E-state index < -0.39 is 0 Å². The first-order valence-corrected chi connectivity index (χ1v) is 6.88. The minimum Gasteiger partial charge on any atom is -0.497 e. The van der Waals surface area contributed by atoms with Crippen LogP contribution in [0.25, 0.3) is 11.5 Å². The van der Waals surface area contributed by atoms with E-state index >= 15 is 0 Å². The summed E-state index contributed by atoms with van der Waals surface area (Å²) in [7, 11) is 3.71. The van der Waals surface area contributed by atoms with Gasteiger partial charge in [0.05, 0.1) is 13.7 Å². The number of rotatable bonds is 7. The second kappa shape index (κ2) is 7.05. The number of benzene rings is 1. The zero-order valence-electron chi connectivity index (χ0n) is 12.3. The van der Waals surface area contributed by atoms with Gasteiger partial charge in [-0.3, -0.25) is 4.90 Å². The lowest BCUT2D eigenvalue weighted by Crippen LogP contribution is -2.19. The average Bonchev–Trinajstić information content (AvgIpc) is 2.93. The molecule has 108 valence electrons. The van der Waals surface area contributed by atoms with Crippen molar-refractivity contribution in [2.24, 2.45) is 0 Å². The summed E-state index contributed by atoms with van der Waals surface area (Å²) in [4.78, 5) is 2.19. The minimum absolute atomic E-state index is 0.548. The highest BCUT2D eigenvalue weighted by atomic mass is 16.5. The highest BCUT2D eigenvalue weighted by Crippen LogP contribution is 2.21. The van der Waals surface area contributed by atoms with E-state index in [-0.39, 0.29) is 0 Å². The topological polar surface area (TPSA) is 51.4 Å². The van der Waals surface area contributed by atoms with Crippen LogP contribution in [-0.2, 0) is 6.54 Å². The zero-order chi connectivity index (χ0) is 14.4. The van der Waals surface area contributed by atoms with Crippen LogP contribution in [0.15, 0.2) is 28.7 Å². The quantitative estimate of drug-likeness (QED) is 0.777. The molecule has 1 aromatic heterocycles. The summed E-state index contributed by atoms with van der Waals surface area (Å²) >= 11 is 0. The molecule has 0 spiro atoms. The number of hydrogen-bond donors (Lipinski definition) is 0. The van der Waals surface area contributed by atoms with Gasteiger partial charge in [-0.2, -0.15) is 0 Å². The zero-order valence-corrected chi connectivity index (χ0v) is 12.3. The molecule has 0 N–H and O–H groups in total. The molecule has 5 nitrogen and oxygen atoms in total. The maximum absolute atomic E-state index is 5.69. The van der Waals surface area contributed by atoms with E-state index in [1.165, 1.54) is 12.8 Å². The van der Waals surface area contributed by atoms with Crippen molar-refractivity contribution in [3.63, 3.8) is 0 Å². The lowest BCUT2D eigenvalue weighted by Gasteiger charge is -2.12. The van der Waals surface area contributed by atoms with E-state index in [1.807, 2.05) is 24.3 Å². The monoisotopic (exact) mass is 275 g/mol. The van der Waals surface area contributed by atoms with Crippen LogP contribution in [-0.4, -0.2) is 35.8 Å². The van der Waals surface area contributed by atoms with Gasteiger partial charge in [0.1, 0.15) is 5.75 Å². The molecule has 0 saturated carbocycles. The van der Waals surface area contributed by atoms with Gasteiger partial charge in [-0.15, -0.1) is 10.2 Å². The van der Waals surface area contributed by atoms with E-state index in [9.17, 15) is 0 Å². The van der Waals surface area contributed by atoms with Crippen molar-refractivity contribution in [2.75, 3.05) is 20.7 Å². The number of ether oxygens (including phenoxy) is 1. The maximum atomic E-state index is 5.69. The number of methoxy groups -OCH3 is 1. The Bertz CT molecular complexity index is 522. The summed E-state index contributed by atoms with van der Waals surface area (Å²) in [5.74, 6) is 2.01. The van der Waals surface area contributed by atoms with Crippen LogP contribution in [0, 0.1) is 0 Å². The largest absolute Gasteiger partial charge is 0.497 e. The Labute approximate surface area is 119 Å². The summed E-state index contributed by atoms with van der Waals surface area (Å²) in [5.41, 5.74) is 0.903. The van der Waals surface area contributed by atoms with E-state index in [1.54, 1.807) is 7.11 Å². The van der Waals surface area contributed by atoms with Crippen LogP contribution in [0.2, 0.25) is 0 Å². The summed E-state index contributed by atoms with van der Waals surface area (Å²) < 4.78 is 10.8. The SMILES string of the molecule is CCCCN(C)Cc1nnc(-c2ccc(OC)cc2)o1. The molecule has 1 heterocycles. The summed E-state index contributed by atoms with van der Waals surface area (Å²) in [6.45, 7) is 3.90. The second-order valence-corrected chi connectivity index (χ2v) is 4.82. The summed E-state index contributed by atoms with van der Waals surface area (Å²) in [6, 6.07) is 7.59. The standard InChI is InChI=1S/C15H21N3O2/c1-4-5-10-18(2)11-14-16-17-15(20-14)12-6-8-13(19-3)9-7-12/h6-9H,4-5,10-11H2,1-3H3. The fourth-order valence-corrected chi connectivity index (χ4v) is 1.91. The van der Waals surface area contributed by atoms with Gasteiger partial charge in [0.2, 0.25) is 11.8 Å². The molecule has 0 saturated heterocycles. The summed E-state index contributed by atoms with van der Waals surface area (Å²) in [5, 5.41) is 8.18. The van der Waals surface area contributed by atoms with Crippen molar-refractivity contribution in [2.45, 2.75) is 26.3 Å². The molecule has 5 heteroatoms. The van der Waals surface area contributed by atoms with Crippen LogP contribution in [0.4, 0.5) is 0 Å². The van der Waals surface area contributed by atoms with Crippen molar-refractivity contribution in [3.8, 4) is 17.2 Å². The molecule has 2 rings (SSSR count). The predicted octanol–water partition coefficient (Wildman–Crippen LogP) is 2.98. The van der Waals surface area contributed by atoms with Crippen molar-refractivity contribution in [1.82, 2.24) is 15.1 Å². The van der Waals surface area contributed by atoms with Gasteiger partial charge in [-0.05, 0) is 44.3 Å². The van der Waals surface area contributed by atoms with Gasteiger partial charge in [0.25, 0.3) is 0 Å². The molecule has 2 aromatic rings. The first-order chi connectivity index (χ1) is 9.72. The first-order valence-electron chi connectivity index (χ1n) is 6.88. The third-order valence-corrected chi connectivity index (χ3v) is 3.10. The molecule has 0 bridgehead atoms. The summed E-state index contributed by atoms with van der Waals surface area (Å²) in [6.07, 6.45) is 2.36. The van der Waals surface area contributed by atoms with Gasteiger partial charge < -0.3 is 9.15 Å². The Morgan fingerprint density at radius 3 is 2.60 bits per heavy atom. The van der Waals surface area contributed by atoms with Crippen molar-refractivity contribution >= 4 is 0 Å². The van der Waals surface area contributed by atoms with Crippen LogP contribution in [0.1, 0.15) is 25.7 Å². The molecule has 0 aliphatic heterocycles. The smallest absolute Gasteiger partial charge is 0.247 e. The third-order valence-electron chi connectivity index (χ3n) is 3.10. The van der Waals surface area contributed by atoms with Crippen LogP contribution >= 0.6 is 0 Å². The van der Waals surface area contributed by atoms with Crippen molar-refractivity contribution in [1.29, 1.82) is 0 Å². The van der Waals surface area contributed by atoms with Crippen LogP contribution in [0.5, 0.6) is 5.75 Å². The number of unbranched alkanes of at least 4 members (excludes halogenated alkanes) is 1. The fraction of sp³-hybridized carbons (Fsp3) is 0.467. The molecule has 0 aliphatic rings. The van der Waals surface area contributed by atoms with Crippen LogP contribution in [0.3, 0.4) is 0 Å². The van der Waals surface area contributed by atoms with Gasteiger partial charge in [0, 0.05) is 5.56 Å².